The molecular formula is C13H13BrFN3O2S. The van der Waals surface area contributed by atoms with Crippen molar-refractivity contribution in [3.05, 3.63) is 52.3 Å². The van der Waals surface area contributed by atoms with Crippen molar-refractivity contribution in [1.82, 2.24) is 0 Å². The van der Waals surface area contributed by atoms with Gasteiger partial charge in [0.25, 0.3) is 0 Å². The SMILES string of the molecule is Nc1cc(NCc2cc(Br)ccc2F)cc(S(N)(=O)=O)c1. The average molecular weight is 374 g/mol. The summed E-state index contributed by atoms with van der Waals surface area (Å²) in [5, 5.41) is 7.99. The van der Waals surface area contributed by atoms with Gasteiger partial charge in [-0.1, -0.05) is 15.9 Å². The topological polar surface area (TPSA) is 98.2 Å². The van der Waals surface area contributed by atoms with Gasteiger partial charge in [-0.05, 0) is 36.4 Å². The van der Waals surface area contributed by atoms with Crippen molar-refractivity contribution in [2.24, 2.45) is 5.14 Å². The highest BCUT2D eigenvalue weighted by molar-refractivity contribution is 9.10. The number of primary sulfonamides is 1. The van der Waals surface area contributed by atoms with Crippen molar-refractivity contribution < 1.29 is 12.8 Å². The number of halogens is 2. The number of nitrogens with one attached hydrogen (secondary N) is 1. The Morgan fingerprint density at radius 3 is 2.57 bits per heavy atom. The van der Waals surface area contributed by atoms with Gasteiger partial charge in [-0.15, -0.1) is 0 Å². The molecule has 0 radical (unpaired) electrons. The van der Waals surface area contributed by atoms with E-state index in [4.69, 9.17) is 10.9 Å². The molecule has 0 atom stereocenters. The van der Waals surface area contributed by atoms with Crippen molar-refractivity contribution in [2.45, 2.75) is 11.4 Å². The van der Waals surface area contributed by atoms with Gasteiger partial charge >= 0.3 is 0 Å². The number of hydrogen-bond donors (Lipinski definition) is 3. The molecule has 0 unspecified atom stereocenters. The van der Waals surface area contributed by atoms with E-state index in [2.05, 4.69) is 21.2 Å². The summed E-state index contributed by atoms with van der Waals surface area (Å²) < 4.78 is 37.0. The second-order valence-corrected chi connectivity index (χ2v) is 6.90. The predicted octanol–water partition coefficient (Wildman–Crippen LogP) is 2.43. The summed E-state index contributed by atoms with van der Waals surface area (Å²) in [4.78, 5) is -0.0975. The summed E-state index contributed by atoms with van der Waals surface area (Å²) in [6.07, 6.45) is 0. The second-order valence-electron chi connectivity index (χ2n) is 4.43. The first-order chi connectivity index (χ1) is 9.75. The molecule has 0 spiro atoms. The lowest BCUT2D eigenvalue weighted by molar-refractivity contribution is 0.597. The van der Waals surface area contributed by atoms with Crippen LogP contribution in [-0.4, -0.2) is 8.42 Å². The minimum atomic E-state index is -3.85. The number of nitrogens with two attached hydrogens (primary N) is 2. The number of hydrogen-bond acceptors (Lipinski definition) is 4. The van der Waals surface area contributed by atoms with E-state index >= 15 is 0 Å². The molecule has 0 bridgehead atoms. The van der Waals surface area contributed by atoms with Crippen LogP contribution in [0.1, 0.15) is 5.56 Å². The predicted molar refractivity (Wildman–Crippen MR) is 83.7 cm³/mol. The maximum Gasteiger partial charge on any atom is 0.238 e. The van der Waals surface area contributed by atoms with E-state index in [9.17, 15) is 12.8 Å². The van der Waals surface area contributed by atoms with Gasteiger partial charge in [0.2, 0.25) is 10.0 Å². The van der Waals surface area contributed by atoms with Crippen LogP contribution >= 0.6 is 15.9 Å². The highest BCUT2D eigenvalue weighted by atomic mass is 79.9. The molecule has 2 aromatic rings. The van der Waals surface area contributed by atoms with Gasteiger partial charge < -0.3 is 11.1 Å². The Morgan fingerprint density at radius 1 is 1.19 bits per heavy atom. The van der Waals surface area contributed by atoms with Crippen molar-refractivity contribution >= 4 is 37.3 Å². The molecule has 0 heterocycles. The van der Waals surface area contributed by atoms with Crippen LogP contribution in [0, 0.1) is 5.82 Å². The Morgan fingerprint density at radius 2 is 1.90 bits per heavy atom. The maximum atomic E-state index is 13.6. The van der Waals surface area contributed by atoms with Crippen LogP contribution in [0.3, 0.4) is 0 Å². The highest BCUT2D eigenvalue weighted by Crippen LogP contribution is 2.21. The monoisotopic (exact) mass is 373 g/mol. The lowest BCUT2D eigenvalue weighted by Crippen LogP contribution is -2.13. The summed E-state index contributed by atoms with van der Waals surface area (Å²) in [5.41, 5.74) is 6.76. The molecular weight excluding hydrogens is 361 g/mol. The van der Waals surface area contributed by atoms with Crippen LogP contribution in [0.4, 0.5) is 15.8 Å². The maximum absolute atomic E-state index is 13.6. The summed E-state index contributed by atoms with van der Waals surface area (Å²) in [6, 6.07) is 8.73. The van der Waals surface area contributed by atoms with E-state index in [1.54, 1.807) is 18.2 Å². The first-order valence-corrected chi connectivity index (χ1v) is 8.21. The van der Waals surface area contributed by atoms with Gasteiger partial charge in [-0.25, -0.2) is 17.9 Å². The van der Waals surface area contributed by atoms with E-state index in [0.717, 1.165) is 4.47 Å². The van der Waals surface area contributed by atoms with Gasteiger partial charge in [0, 0.05) is 28.0 Å². The third-order valence-electron chi connectivity index (χ3n) is 2.75. The van der Waals surface area contributed by atoms with Crippen molar-refractivity contribution in [3.63, 3.8) is 0 Å². The number of anilines is 2. The summed E-state index contributed by atoms with van der Waals surface area (Å²) in [7, 11) is -3.85. The Labute approximate surface area is 130 Å². The first kappa shape index (κ1) is 15.7. The largest absolute Gasteiger partial charge is 0.399 e. The Kier molecular flexibility index (Phi) is 4.50. The molecule has 0 saturated carbocycles. The highest BCUT2D eigenvalue weighted by Gasteiger charge is 2.10. The fraction of sp³-hybridized carbons (Fsp3) is 0.0769. The molecule has 0 aliphatic heterocycles. The molecule has 0 aromatic heterocycles. The minimum absolute atomic E-state index is 0.0975. The number of nitrogen functional groups attached to an aromatic ring is 1. The molecule has 0 fully saturated rings. The fourth-order valence-electron chi connectivity index (χ4n) is 1.76. The Balaban J connectivity index is 2.24. The molecule has 5 nitrogen and oxygen atoms in total. The standard InChI is InChI=1S/C13H13BrFN3O2S/c14-9-1-2-13(15)8(3-9)7-18-11-4-10(16)5-12(6-11)21(17,19)20/h1-6,18H,7,16H2,(H2,17,19,20). The molecule has 0 aliphatic carbocycles. The lowest BCUT2D eigenvalue weighted by Gasteiger charge is -2.10. The summed E-state index contributed by atoms with van der Waals surface area (Å²) in [5.74, 6) is -0.360. The van der Waals surface area contributed by atoms with Crippen molar-refractivity contribution in [2.75, 3.05) is 11.1 Å². The van der Waals surface area contributed by atoms with Crippen LogP contribution in [0.25, 0.3) is 0 Å². The number of sulfonamides is 1. The van der Waals surface area contributed by atoms with E-state index in [-0.39, 0.29) is 22.9 Å². The zero-order valence-corrected chi connectivity index (χ0v) is 13.2. The summed E-state index contributed by atoms with van der Waals surface area (Å²) >= 11 is 3.26. The molecule has 5 N–H and O–H groups in total. The smallest absolute Gasteiger partial charge is 0.238 e. The molecule has 2 rings (SSSR count). The van der Waals surface area contributed by atoms with E-state index in [1.165, 1.54) is 18.2 Å². The van der Waals surface area contributed by atoms with Crippen molar-refractivity contribution in [3.8, 4) is 0 Å². The van der Waals surface area contributed by atoms with E-state index in [0.29, 0.717) is 11.3 Å². The first-order valence-electron chi connectivity index (χ1n) is 5.87. The summed E-state index contributed by atoms with van der Waals surface area (Å²) in [6.45, 7) is 0.179. The molecule has 8 heteroatoms. The third kappa shape index (κ3) is 4.16. The van der Waals surface area contributed by atoms with Crippen LogP contribution < -0.4 is 16.2 Å². The molecule has 112 valence electrons. The fourth-order valence-corrected chi connectivity index (χ4v) is 2.76. The van der Waals surface area contributed by atoms with E-state index < -0.39 is 10.0 Å². The van der Waals surface area contributed by atoms with Crippen LogP contribution in [0.2, 0.25) is 0 Å². The number of rotatable bonds is 4. The molecule has 0 amide bonds. The zero-order valence-electron chi connectivity index (χ0n) is 10.8. The van der Waals surface area contributed by atoms with Gasteiger partial charge in [-0.2, -0.15) is 0 Å². The molecule has 21 heavy (non-hydrogen) atoms. The van der Waals surface area contributed by atoms with Gasteiger partial charge in [-0.3, -0.25) is 0 Å². The number of benzene rings is 2. The van der Waals surface area contributed by atoms with Gasteiger partial charge in [0.15, 0.2) is 0 Å². The Hall–Kier alpha value is -1.64. The van der Waals surface area contributed by atoms with Crippen molar-refractivity contribution in [1.29, 1.82) is 0 Å². The van der Waals surface area contributed by atoms with Crippen LogP contribution in [-0.2, 0) is 16.6 Å². The minimum Gasteiger partial charge on any atom is -0.399 e. The second kappa shape index (κ2) is 6.00. The van der Waals surface area contributed by atoms with E-state index in [1.807, 2.05) is 0 Å². The molecule has 0 aliphatic rings. The molecule has 0 saturated heterocycles. The quantitative estimate of drug-likeness (QED) is 0.716. The lowest BCUT2D eigenvalue weighted by atomic mass is 10.2. The zero-order chi connectivity index (χ0) is 15.6. The van der Waals surface area contributed by atoms with Crippen LogP contribution in [0.15, 0.2) is 45.8 Å². The average Bonchev–Trinajstić information content (AvgIpc) is 2.38. The van der Waals surface area contributed by atoms with Gasteiger partial charge in [0.1, 0.15) is 5.82 Å². The van der Waals surface area contributed by atoms with Crippen LogP contribution in [0.5, 0.6) is 0 Å². The molecule has 2 aromatic carbocycles. The third-order valence-corrected chi connectivity index (χ3v) is 4.13. The van der Waals surface area contributed by atoms with Gasteiger partial charge in [0.05, 0.1) is 4.90 Å². The normalized spacial score (nSPS) is 11.4. The Bertz CT molecular complexity index is 781.